The average molecular weight is 273 g/mol. The van der Waals surface area contributed by atoms with Gasteiger partial charge in [0.25, 0.3) is 0 Å². The highest BCUT2D eigenvalue weighted by Gasteiger charge is 2.39. The first kappa shape index (κ1) is 13.9. The summed E-state index contributed by atoms with van der Waals surface area (Å²) in [5.41, 5.74) is 3.92. The van der Waals surface area contributed by atoms with Crippen molar-refractivity contribution in [3.63, 3.8) is 0 Å². The lowest BCUT2D eigenvalue weighted by Crippen LogP contribution is -2.34. The quantitative estimate of drug-likeness (QED) is 0.913. The lowest BCUT2D eigenvalue weighted by atomic mass is 10.1. The first-order valence-corrected chi connectivity index (χ1v) is 8.01. The van der Waals surface area contributed by atoms with E-state index >= 15 is 0 Å². The highest BCUT2D eigenvalue weighted by atomic mass is 15.2. The lowest BCUT2D eigenvalue weighted by Gasteiger charge is -2.31. The maximum Gasteiger partial charge on any atom is 0.133 e. The fourth-order valence-electron chi connectivity index (χ4n) is 3.79. The Kier molecular flexibility index (Phi) is 3.72. The van der Waals surface area contributed by atoms with Gasteiger partial charge >= 0.3 is 0 Å². The Balaban J connectivity index is 1.91. The summed E-state index contributed by atoms with van der Waals surface area (Å²) >= 11 is 0. The summed E-state index contributed by atoms with van der Waals surface area (Å²) in [6.07, 6.45) is 4.16. The lowest BCUT2D eigenvalue weighted by molar-refractivity contribution is 0.543. The number of pyridine rings is 1. The van der Waals surface area contributed by atoms with Crippen molar-refractivity contribution in [2.75, 3.05) is 11.4 Å². The van der Waals surface area contributed by atoms with E-state index < -0.39 is 0 Å². The van der Waals surface area contributed by atoms with Crippen molar-refractivity contribution in [2.45, 2.75) is 65.6 Å². The number of piperidine rings is 1. The molecule has 3 nitrogen and oxygen atoms in total. The molecule has 0 spiro atoms. The zero-order valence-electron chi connectivity index (χ0n) is 13.2. The van der Waals surface area contributed by atoms with E-state index in [2.05, 4.69) is 44.0 Å². The van der Waals surface area contributed by atoms with Crippen LogP contribution in [0.25, 0.3) is 0 Å². The molecule has 110 valence electrons. The van der Waals surface area contributed by atoms with Gasteiger partial charge in [0, 0.05) is 36.4 Å². The Morgan fingerprint density at radius 3 is 2.75 bits per heavy atom. The number of nitrogens with zero attached hydrogens (tertiary/aromatic N) is 2. The van der Waals surface area contributed by atoms with E-state index in [9.17, 15) is 0 Å². The first-order valence-electron chi connectivity index (χ1n) is 8.01. The van der Waals surface area contributed by atoms with E-state index in [0.29, 0.717) is 6.04 Å². The third-order valence-corrected chi connectivity index (χ3v) is 4.82. The Bertz CT molecular complexity index is 495. The number of aromatic nitrogens is 1. The third kappa shape index (κ3) is 2.56. The standard InChI is InChI=1S/C17H27N3/c1-11(2)18-9-16-12(3)7-13(4)19-17(16)20-10-14-5-6-15(20)8-14/h7,11,14-15,18H,5-6,8-10H2,1-4H3. The SMILES string of the molecule is Cc1cc(C)c(CNC(C)C)c(N2CC3CCC2C3)n1. The van der Waals surface area contributed by atoms with Gasteiger partial charge in [-0.05, 0) is 50.7 Å². The molecule has 2 atom stereocenters. The molecule has 1 saturated carbocycles. The molecule has 3 heteroatoms. The molecule has 1 aliphatic carbocycles. The molecule has 2 unspecified atom stereocenters. The van der Waals surface area contributed by atoms with Gasteiger partial charge in [-0.15, -0.1) is 0 Å². The van der Waals surface area contributed by atoms with Crippen molar-refractivity contribution >= 4 is 5.82 Å². The summed E-state index contributed by atoms with van der Waals surface area (Å²) in [7, 11) is 0. The predicted molar refractivity (Wildman–Crippen MR) is 84.2 cm³/mol. The van der Waals surface area contributed by atoms with Crippen LogP contribution in [0, 0.1) is 19.8 Å². The van der Waals surface area contributed by atoms with E-state index in [-0.39, 0.29) is 0 Å². The third-order valence-electron chi connectivity index (χ3n) is 4.82. The van der Waals surface area contributed by atoms with Gasteiger partial charge in [-0.1, -0.05) is 13.8 Å². The molecule has 0 amide bonds. The van der Waals surface area contributed by atoms with E-state index in [1.54, 1.807) is 0 Å². The van der Waals surface area contributed by atoms with Gasteiger partial charge in [0.15, 0.2) is 0 Å². The number of rotatable bonds is 4. The van der Waals surface area contributed by atoms with E-state index in [4.69, 9.17) is 4.98 Å². The molecular weight excluding hydrogens is 246 g/mol. The topological polar surface area (TPSA) is 28.2 Å². The molecule has 1 aliphatic heterocycles. The molecular formula is C17H27N3. The molecule has 2 fully saturated rings. The number of aryl methyl sites for hydroxylation is 2. The van der Waals surface area contributed by atoms with Gasteiger partial charge < -0.3 is 10.2 Å². The minimum atomic E-state index is 0.513. The van der Waals surface area contributed by atoms with Gasteiger partial charge in [0.05, 0.1) is 0 Å². The van der Waals surface area contributed by atoms with Crippen molar-refractivity contribution < 1.29 is 0 Å². The number of fused-ring (bicyclic) bond motifs is 2. The first-order chi connectivity index (χ1) is 9.54. The Morgan fingerprint density at radius 2 is 2.15 bits per heavy atom. The van der Waals surface area contributed by atoms with Crippen LogP contribution in [0.5, 0.6) is 0 Å². The normalized spacial score (nSPS) is 24.9. The van der Waals surface area contributed by atoms with E-state index in [1.165, 1.54) is 42.8 Å². The van der Waals surface area contributed by atoms with Crippen molar-refractivity contribution in [1.29, 1.82) is 0 Å². The molecule has 1 saturated heterocycles. The minimum absolute atomic E-state index is 0.513. The molecule has 2 heterocycles. The van der Waals surface area contributed by atoms with Crippen LogP contribution in [-0.4, -0.2) is 23.6 Å². The maximum atomic E-state index is 4.90. The molecule has 0 radical (unpaired) electrons. The second kappa shape index (κ2) is 5.36. The molecule has 2 aliphatic rings. The van der Waals surface area contributed by atoms with Crippen molar-refractivity contribution in [3.05, 3.63) is 22.9 Å². The van der Waals surface area contributed by atoms with Gasteiger partial charge in [-0.25, -0.2) is 4.98 Å². The molecule has 0 aromatic carbocycles. The van der Waals surface area contributed by atoms with Crippen molar-refractivity contribution in [2.24, 2.45) is 5.92 Å². The second-order valence-corrected chi connectivity index (χ2v) is 6.90. The molecule has 1 aromatic rings. The van der Waals surface area contributed by atoms with Crippen LogP contribution >= 0.6 is 0 Å². The van der Waals surface area contributed by atoms with Gasteiger partial charge in [0.2, 0.25) is 0 Å². The Hall–Kier alpha value is -1.09. The number of anilines is 1. The molecule has 2 bridgehead atoms. The number of nitrogens with one attached hydrogen (secondary N) is 1. The summed E-state index contributed by atoms with van der Waals surface area (Å²) in [5.74, 6) is 2.16. The predicted octanol–water partition coefficient (Wildman–Crippen LogP) is 3.19. The summed E-state index contributed by atoms with van der Waals surface area (Å²) in [6, 6.07) is 3.47. The van der Waals surface area contributed by atoms with Gasteiger partial charge in [-0.2, -0.15) is 0 Å². The highest BCUT2D eigenvalue weighted by molar-refractivity contribution is 5.53. The summed E-state index contributed by atoms with van der Waals surface area (Å²) in [4.78, 5) is 7.49. The minimum Gasteiger partial charge on any atom is -0.353 e. The smallest absolute Gasteiger partial charge is 0.133 e. The number of hydrogen-bond donors (Lipinski definition) is 1. The summed E-state index contributed by atoms with van der Waals surface area (Å²) in [5, 5.41) is 3.56. The van der Waals surface area contributed by atoms with Crippen LogP contribution in [0.2, 0.25) is 0 Å². The van der Waals surface area contributed by atoms with Crippen molar-refractivity contribution in [3.8, 4) is 0 Å². The number of hydrogen-bond acceptors (Lipinski definition) is 3. The monoisotopic (exact) mass is 273 g/mol. The fraction of sp³-hybridized carbons (Fsp3) is 0.706. The van der Waals surface area contributed by atoms with Crippen LogP contribution in [0.3, 0.4) is 0 Å². The van der Waals surface area contributed by atoms with E-state index in [1.807, 2.05) is 0 Å². The summed E-state index contributed by atoms with van der Waals surface area (Å²) < 4.78 is 0. The second-order valence-electron chi connectivity index (χ2n) is 6.90. The van der Waals surface area contributed by atoms with Gasteiger partial charge in [-0.3, -0.25) is 0 Å². The Morgan fingerprint density at radius 1 is 1.35 bits per heavy atom. The molecule has 1 N–H and O–H groups in total. The highest BCUT2D eigenvalue weighted by Crippen LogP contribution is 2.41. The largest absolute Gasteiger partial charge is 0.353 e. The molecule has 3 rings (SSSR count). The molecule has 20 heavy (non-hydrogen) atoms. The van der Waals surface area contributed by atoms with Crippen LogP contribution in [0.1, 0.15) is 49.9 Å². The molecule has 1 aromatic heterocycles. The van der Waals surface area contributed by atoms with Crippen LogP contribution in [-0.2, 0) is 6.54 Å². The summed E-state index contributed by atoms with van der Waals surface area (Å²) in [6.45, 7) is 10.9. The van der Waals surface area contributed by atoms with Crippen LogP contribution < -0.4 is 10.2 Å². The Labute approximate surface area is 122 Å². The average Bonchev–Trinajstić information content (AvgIpc) is 2.98. The van der Waals surface area contributed by atoms with Crippen molar-refractivity contribution in [1.82, 2.24) is 10.3 Å². The van der Waals surface area contributed by atoms with E-state index in [0.717, 1.165) is 24.2 Å². The maximum absolute atomic E-state index is 4.90. The van der Waals surface area contributed by atoms with Crippen LogP contribution in [0.15, 0.2) is 6.07 Å². The zero-order valence-corrected chi connectivity index (χ0v) is 13.2. The van der Waals surface area contributed by atoms with Gasteiger partial charge in [0.1, 0.15) is 5.82 Å². The van der Waals surface area contributed by atoms with Crippen LogP contribution in [0.4, 0.5) is 5.82 Å². The fourth-order valence-corrected chi connectivity index (χ4v) is 3.79. The zero-order chi connectivity index (χ0) is 14.3.